The first-order valence-corrected chi connectivity index (χ1v) is 8.03. The van der Waals surface area contributed by atoms with E-state index in [1.807, 2.05) is 48.5 Å². The molecule has 0 bridgehead atoms. The summed E-state index contributed by atoms with van der Waals surface area (Å²) in [6.07, 6.45) is 5.84. The van der Waals surface area contributed by atoms with Crippen LogP contribution in [0, 0.1) is 0 Å². The third-order valence-corrected chi connectivity index (χ3v) is 3.86. The second-order valence-electron chi connectivity index (χ2n) is 6.31. The van der Waals surface area contributed by atoms with E-state index in [1.54, 1.807) is 31.8 Å². The van der Waals surface area contributed by atoms with Crippen molar-refractivity contribution in [3.63, 3.8) is 0 Å². The molecule has 0 aliphatic heterocycles. The van der Waals surface area contributed by atoms with Crippen molar-refractivity contribution in [3.8, 4) is 11.4 Å². The van der Waals surface area contributed by atoms with Crippen LogP contribution in [0.1, 0.15) is 30.7 Å². The Kier molecular flexibility index (Phi) is 4.67. The fraction of sp³-hybridized carbons (Fsp3) is 0.200. The topological polar surface area (TPSA) is 60.2 Å². The Morgan fingerprint density at radius 3 is 2.00 bits per heavy atom. The molecule has 0 atom stereocenters. The molecule has 0 radical (unpaired) electrons. The van der Waals surface area contributed by atoms with Crippen LogP contribution in [0.15, 0.2) is 54.7 Å². The third-order valence-electron chi connectivity index (χ3n) is 3.86. The number of ether oxygens (including phenoxy) is 1. The maximum absolute atomic E-state index is 9.97. The Hall–Kier alpha value is -2.92. The van der Waals surface area contributed by atoms with Crippen molar-refractivity contribution in [2.45, 2.75) is 19.4 Å². The van der Waals surface area contributed by atoms with Gasteiger partial charge < -0.3 is 9.84 Å². The van der Waals surface area contributed by atoms with Crippen molar-refractivity contribution in [2.24, 2.45) is 0 Å². The summed E-state index contributed by atoms with van der Waals surface area (Å²) in [4.78, 5) is 0. The molecular weight excluding hydrogens is 314 g/mol. The molecule has 5 heteroatoms. The maximum atomic E-state index is 9.97. The van der Waals surface area contributed by atoms with Crippen molar-refractivity contribution in [1.82, 2.24) is 15.0 Å². The summed E-state index contributed by atoms with van der Waals surface area (Å²) in [5.74, 6) is 0.847. The molecule has 0 fully saturated rings. The summed E-state index contributed by atoms with van der Waals surface area (Å²) in [5.41, 5.74) is 2.62. The van der Waals surface area contributed by atoms with Gasteiger partial charge in [0.05, 0.1) is 19.0 Å². The number of benzene rings is 2. The van der Waals surface area contributed by atoms with Gasteiger partial charge in [-0.25, -0.2) is 4.68 Å². The van der Waals surface area contributed by atoms with Gasteiger partial charge >= 0.3 is 0 Å². The summed E-state index contributed by atoms with van der Waals surface area (Å²) in [7, 11) is 1.66. The van der Waals surface area contributed by atoms with Gasteiger partial charge in [-0.3, -0.25) is 0 Å². The lowest BCUT2D eigenvalue weighted by Gasteiger charge is -2.11. The highest BCUT2D eigenvalue weighted by molar-refractivity contribution is 5.70. The molecule has 128 valence electrons. The van der Waals surface area contributed by atoms with Crippen molar-refractivity contribution >= 4 is 12.2 Å². The molecule has 1 aromatic heterocycles. The Morgan fingerprint density at radius 2 is 1.52 bits per heavy atom. The molecule has 0 aliphatic rings. The Bertz CT molecular complexity index is 857. The van der Waals surface area contributed by atoms with Gasteiger partial charge in [-0.15, -0.1) is 5.10 Å². The largest absolute Gasteiger partial charge is 0.497 e. The fourth-order valence-electron chi connectivity index (χ4n) is 2.32. The van der Waals surface area contributed by atoms with E-state index in [1.165, 1.54) is 0 Å². The minimum absolute atomic E-state index is 0.538. The molecule has 0 unspecified atom stereocenters. The molecule has 0 amide bonds. The second-order valence-corrected chi connectivity index (χ2v) is 6.31. The molecule has 0 aliphatic carbocycles. The molecule has 5 nitrogen and oxygen atoms in total. The molecule has 1 heterocycles. The lowest BCUT2D eigenvalue weighted by molar-refractivity contribution is 0.0737. The van der Waals surface area contributed by atoms with E-state index in [9.17, 15) is 5.11 Å². The average Bonchev–Trinajstić information content (AvgIpc) is 3.11. The van der Waals surface area contributed by atoms with Crippen molar-refractivity contribution < 1.29 is 9.84 Å². The van der Waals surface area contributed by atoms with Gasteiger partial charge in [0, 0.05) is 0 Å². The van der Waals surface area contributed by atoms with E-state index < -0.39 is 5.60 Å². The summed E-state index contributed by atoms with van der Waals surface area (Å²) in [5, 5.41) is 18.1. The molecule has 3 aromatic rings. The number of nitrogens with zero attached hydrogens (tertiary/aromatic N) is 3. The summed E-state index contributed by atoms with van der Waals surface area (Å²) >= 11 is 0. The molecule has 0 spiro atoms. The van der Waals surface area contributed by atoms with Gasteiger partial charge in [-0.05, 0) is 49.2 Å². The molecular formula is C20H21N3O2. The van der Waals surface area contributed by atoms with Crippen molar-refractivity contribution in [3.05, 3.63) is 71.5 Å². The number of aliphatic hydroxyl groups is 1. The standard InChI is InChI=1S/C20H21N3O2/c1-20(2,24)19-14-23(22-21-19)17-10-6-15(7-11-17)4-5-16-8-12-18(25-3)13-9-16/h4-14,24H,1-3H3/b5-4+. The predicted molar refractivity (Wildman–Crippen MR) is 98.5 cm³/mol. The smallest absolute Gasteiger partial charge is 0.118 e. The van der Waals surface area contributed by atoms with Crippen LogP contribution in [-0.4, -0.2) is 27.2 Å². The lowest BCUT2D eigenvalue weighted by atomic mass is 10.1. The van der Waals surface area contributed by atoms with Gasteiger partial charge in [0.25, 0.3) is 0 Å². The molecule has 0 saturated carbocycles. The molecule has 25 heavy (non-hydrogen) atoms. The van der Waals surface area contributed by atoms with E-state index in [0.717, 1.165) is 22.6 Å². The van der Waals surface area contributed by atoms with Crippen LogP contribution in [0.2, 0.25) is 0 Å². The molecule has 0 saturated heterocycles. The zero-order valence-corrected chi connectivity index (χ0v) is 14.5. The van der Waals surface area contributed by atoms with Crippen LogP contribution in [0.25, 0.3) is 17.8 Å². The predicted octanol–water partition coefficient (Wildman–Crippen LogP) is 3.67. The fourth-order valence-corrected chi connectivity index (χ4v) is 2.32. The third kappa shape index (κ3) is 4.14. The summed E-state index contributed by atoms with van der Waals surface area (Å²) in [6.45, 7) is 3.38. The Balaban J connectivity index is 1.73. The highest BCUT2D eigenvalue weighted by Gasteiger charge is 2.20. The molecule has 2 aromatic carbocycles. The van der Waals surface area contributed by atoms with E-state index >= 15 is 0 Å². The first kappa shape index (κ1) is 16.9. The summed E-state index contributed by atoms with van der Waals surface area (Å²) in [6, 6.07) is 15.9. The van der Waals surface area contributed by atoms with E-state index in [0.29, 0.717) is 5.69 Å². The molecule has 1 N–H and O–H groups in total. The van der Waals surface area contributed by atoms with Gasteiger partial charge in [0.2, 0.25) is 0 Å². The monoisotopic (exact) mass is 335 g/mol. The average molecular weight is 335 g/mol. The number of methoxy groups -OCH3 is 1. The van der Waals surface area contributed by atoms with Crippen LogP contribution >= 0.6 is 0 Å². The first-order valence-electron chi connectivity index (χ1n) is 8.03. The highest BCUT2D eigenvalue weighted by Crippen LogP contribution is 2.18. The van der Waals surface area contributed by atoms with Crippen molar-refractivity contribution in [1.29, 1.82) is 0 Å². The minimum atomic E-state index is -1.00. The number of hydrogen-bond acceptors (Lipinski definition) is 4. The zero-order chi connectivity index (χ0) is 17.9. The minimum Gasteiger partial charge on any atom is -0.497 e. The Morgan fingerprint density at radius 1 is 0.960 bits per heavy atom. The van der Waals surface area contributed by atoms with Crippen LogP contribution in [0.4, 0.5) is 0 Å². The normalized spacial score (nSPS) is 11.8. The van der Waals surface area contributed by atoms with Gasteiger partial charge in [0.15, 0.2) is 0 Å². The van der Waals surface area contributed by atoms with Crippen LogP contribution in [0.5, 0.6) is 5.75 Å². The Labute approximate surface area is 147 Å². The molecule has 3 rings (SSSR count). The number of aromatic nitrogens is 3. The van der Waals surface area contributed by atoms with E-state index in [4.69, 9.17) is 4.74 Å². The maximum Gasteiger partial charge on any atom is 0.118 e. The van der Waals surface area contributed by atoms with Crippen LogP contribution in [0.3, 0.4) is 0 Å². The van der Waals surface area contributed by atoms with E-state index in [2.05, 4.69) is 22.5 Å². The van der Waals surface area contributed by atoms with Crippen LogP contribution < -0.4 is 4.74 Å². The number of rotatable bonds is 5. The highest BCUT2D eigenvalue weighted by atomic mass is 16.5. The van der Waals surface area contributed by atoms with Gasteiger partial charge in [-0.1, -0.05) is 41.6 Å². The summed E-state index contributed by atoms with van der Waals surface area (Å²) < 4.78 is 6.81. The zero-order valence-electron chi connectivity index (χ0n) is 14.5. The van der Waals surface area contributed by atoms with Crippen molar-refractivity contribution in [2.75, 3.05) is 7.11 Å². The van der Waals surface area contributed by atoms with Gasteiger partial charge in [0.1, 0.15) is 17.0 Å². The van der Waals surface area contributed by atoms with Crippen LogP contribution in [-0.2, 0) is 5.60 Å². The SMILES string of the molecule is COc1ccc(/C=C/c2ccc(-n3cc(C(C)(C)O)nn3)cc2)cc1. The van der Waals surface area contributed by atoms with E-state index in [-0.39, 0.29) is 0 Å². The van der Waals surface area contributed by atoms with Gasteiger partial charge in [-0.2, -0.15) is 0 Å². The quantitative estimate of drug-likeness (QED) is 0.723. The first-order chi connectivity index (χ1) is 12.0. The lowest BCUT2D eigenvalue weighted by Crippen LogP contribution is -2.15. The number of hydrogen-bond donors (Lipinski definition) is 1. The second kappa shape index (κ2) is 6.91.